The van der Waals surface area contributed by atoms with E-state index in [0.29, 0.717) is 38.3 Å². The number of aryl methyl sites for hydroxylation is 2. The lowest BCUT2D eigenvalue weighted by Gasteiger charge is -2.40. The van der Waals surface area contributed by atoms with Gasteiger partial charge in [-0.05, 0) is 74.1 Å². The maximum atomic E-state index is 13.7. The highest BCUT2D eigenvalue weighted by Gasteiger charge is 2.39. The molecule has 4 bridgehead atoms. The normalized spacial score (nSPS) is 31.6. The van der Waals surface area contributed by atoms with Crippen LogP contribution in [0, 0.1) is 25.7 Å². The average Bonchev–Trinajstić information content (AvgIpc) is 2.91. The minimum Gasteiger partial charge on any atom is -0.362 e. The van der Waals surface area contributed by atoms with E-state index in [1.54, 1.807) is 12.4 Å². The monoisotopic (exact) mass is 570 g/mol. The van der Waals surface area contributed by atoms with Crippen LogP contribution in [-0.4, -0.2) is 60.2 Å². The van der Waals surface area contributed by atoms with E-state index in [1.807, 2.05) is 6.07 Å². The van der Waals surface area contributed by atoms with Gasteiger partial charge in [-0.3, -0.25) is 15.5 Å². The molecular formula is C30H46N6O3S. The van der Waals surface area contributed by atoms with Gasteiger partial charge in [-0.1, -0.05) is 38.5 Å². The standard InChI is InChI=1S/C30H46N6O3S/c1-20(2)14-24-19-39-28-16-26(29-21(3)8-5-9-22(29)4)33-30(34-28)35-40(37,38)25-11-6-10-23(15-25)17-36(24)18-27-31-12-7-13-32-27/h5,7-9,12-13,20,23-26,28,30,33-35H,6,10-11,14-19H2,1-4H3/t23?,24-,25?,26?,28?,30?/m1/s1. The van der Waals surface area contributed by atoms with E-state index in [4.69, 9.17) is 4.74 Å². The van der Waals surface area contributed by atoms with Crippen LogP contribution < -0.4 is 15.4 Å². The van der Waals surface area contributed by atoms with Crippen LogP contribution in [0.2, 0.25) is 0 Å². The van der Waals surface area contributed by atoms with Crippen molar-refractivity contribution in [1.29, 1.82) is 0 Å². The third-order valence-corrected chi connectivity index (χ3v) is 10.6. The van der Waals surface area contributed by atoms with Crippen molar-refractivity contribution in [2.45, 2.75) is 103 Å². The summed E-state index contributed by atoms with van der Waals surface area (Å²) in [4.78, 5) is 11.5. The van der Waals surface area contributed by atoms with Crippen LogP contribution in [0.25, 0.3) is 0 Å². The third kappa shape index (κ3) is 7.27. The van der Waals surface area contributed by atoms with Crippen molar-refractivity contribution < 1.29 is 13.2 Å². The van der Waals surface area contributed by atoms with Crippen LogP contribution in [0.4, 0.5) is 0 Å². The van der Waals surface area contributed by atoms with Gasteiger partial charge in [0.1, 0.15) is 18.3 Å². The average molecular weight is 571 g/mol. The molecule has 0 spiro atoms. The number of nitrogens with one attached hydrogen (secondary N) is 3. The molecule has 1 saturated carbocycles. The molecule has 40 heavy (non-hydrogen) atoms. The molecule has 0 radical (unpaired) electrons. The fraction of sp³-hybridized carbons (Fsp3) is 0.667. The molecule has 2 aliphatic heterocycles. The highest BCUT2D eigenvalue weighted by Crippen LogP contribution is 2.33. The molecule has 5 rings (SSSR count). The van der Waals surface area contributed by atoms with Gasteiger partial charge in [-0.25, -0.2) is 18.4 Å². The smallest absolute Gasteiger partial charge is 0.216 e. The highest BCUT2D eigenvalue weighted by atomic mass is 32.2. The van der Waals surface area contributed by atoms with E-state index in [-0.39, 0.29) is 24.2 Å². The first-order valence-electron chi connectivity index (χ1n) is 14.9. The fourth-order valence-corrected chi connectivity index (χ4v) is 8.52. The number of sulfonamides is 1. The van der Waals surface area contributed by atoms with Gasteiger partial charge in [0.05, 0.1) is 18.4 Å². The van der Waals surface area contributed by atoms with Gasteiger partial charge in [0, 0.05) is 37.4 Å². The Balaban J connectivity index is 1.48. The molecule has 3 N–H and O–H groups in total. The Morgan fingerprint density at radius 3 is 2.52 bits per heavy atom. The SMILES string of the molecule is Cc1cccc(C)c1C1CC2NC(N1)NS(=O)(=O)C1CCCC(C1)CN(Cc1ncccn1)[C@H](CC(C)C)CO2. The van der Waals surface area contributed by atoms with Crippen molar-refractivity contribution in [1.82, 2.24) is 30.2 Å². The Hall–Kier alpha value is -1.95. The molecule has 3 heterocycles. The van der Waals surface area contributed by atoms with Gasteiger partial charge in [0.15, 0.2) is 0 Å². The summed E-state index contributed by atoms with van der Waals surface area (Å²) in [6.45, 7) is 10.7. The largest absolute Gasteiger partial charge is 0.362 e. The molecular weight excluding hydrogens is 524 g/mol. The molecule has 10 heteroatoms. The summed E-state index contributed by atoms with van der Waals surface area (Å²) in [7, 11) is -3.55. The Bertz CT molecular complexity index is 1210. The maximum Gasteiger partial charge on any atom is 0.216 e. The Labute approximate surface area is 239 Å². The van der Waals surface area contributed by atoms with Gasteiger partial charge in [0.25, 0.3) is 0 Å². The zero-order chi connectivity index (χ0) is 28.3. The van der Waals surface area contributed by atoms with Gasteiger partial charge in [-0.2, -0.15) is 4.72 Å². The minimum atomic E-state index is -3.55. The third-order valence-electron chi connectivity index (χ3n) is 8.72. The predicted molar refractivity (Wildman–Crippen MR) is 157 cm³/mol. The molecule has 2 saturated heterocycles. The number of rotatable bonds is 5. The van der Waals surface area contributed by atoms with Crippen molar-refractivity contribution in [3.8, 4) is 0 Å². The number of hydrogen-bond donors (Lipinski definition) is 3. The van der Waals surface area contributed by atoms with Crippen molar-refractivity contribution in [2.24, 2.45) is 11.8 Å². The zero-order valence-electron chi connectivity index (χ0n) is 24.3. The summed E-state index contributed by atoms with van der Waals surface area (Å²) in [6, 6.07) is 8.28. The molecule has 6 atom stereocenters. The summed E-state index contributed by atoms with van der Waals surface area (Å²) in [6.07, 6.45) is 7.65. The van der Waals surface area contributed by atoms with Crippen molar-refractivity contribution in [3.63, 3.8) is 0 Å². The summed E-state index contributed by atoms with van der Waals surface area (Å²) < 4.78 is 37.1. The van der Waals surface area contributed by atoms with Crippen molar-refractivity contribution in [3.05, 3.63) is 59.2 Å². The predicted octanol–water partition coefficient (Wildman–Crippen LogP) is 3.75. The lowest BCUT2D eigenvalue weighted by atomic mass is 9.87. The van der Waals surface area contributed by atoms with E-state index in [1.165, 1.54) is 16.7 Å². The topological polar surface area (TPSA) is 108 Å². The van der Waals surface area contributed by atoms with Crippen LogP contribution in [0.5, 0.6) is 0 Å². The number of fused-ring (bicyclic) bond motifs is 4. The molecule has 2 aromatic rings. The molecule has 220 valence electrons. The summed E-state index contributed by atoms with van der Waals surface area (Å²) in [5.74, 6) is 1.57. The number of nitrogens with zero attached hydrogens (tertiary/aromatic N) is 3. The first kappa shape index (κ1) is 29.5. The lowest BCUT2D eigenvalue weighted by Crippen LogP contribution is -2.64. The first-order chi connectivity index (χ1) is 19.2. The second-order valence-electron chi connectivity index (χ2n) is 12.4. The maximum absolute atomic E-state index is 13.7. The molecule has 5 unspecified atom stereocenters. The number of hydrogen-bond acceptors (Lipinski definition) is 8. The highest BCUT2D eigenvalue weighted by molar-refractivity contribution is 7.90. The van der Waals surface area contributed by atoms with Crippen LogP contribution in [0.3, 0.4) is 0 Å². The summed E-state index contributed by atoms with van der Waals surface area (Å²) >= 11 is 0. The number of benzene rings is 1. The Morgan fingerprint density at radius 2 is 1.80 bits per heavy atom. The number of ether oxygens (including phenoxy) is 1. The summed E-state index contributed by atoms with van der Waals surface area (Å²) in [5, 5.41) is 6.58. The Morgan fingerprint density at radius 1 is 1.05 bits per heavy atom. The lowest BCUT2D eigenvalue weighted by molar-refractivity contribution is -0.0487. The van der Waals surface area contributed by atoms with Crippen LogP contribution in [0.15, 0.2) is 36.7 Å². The van der Waals surface area contributed by atoms with Crippen LogP contribution >= 0.6 is 0 Å². The van der Waals surface area contributed by atoms with Crippen molar-refractivity contribution in [2.75, 3.05) is 13.2 Å². The molecule has 1 aliphatic carbocycles. The molecule has 1 aromatic heterocycles. The second kappa shape index (κ2) is 12.9. The van der Waals surface area contributed by atoms with Gasteiger partial charge >= 0.3 is 0 Å². The van der Waals surface area contributed by atoms with Gasteiger partial charge in [-0.15, -0.1) is 0 Å². The molecule has 3 aliphatic rings. The van der Waals surface area contributed by atoms with E-state index in [9.17, 15) is 8.42 Å². The van der Waals surface area contributed by atoms with E-state index in [0.717, 1.165) is 31.6 Å². The van der Waals surface area contributed by atoms with Gasteiger partial charge in [0.2, 0.25) is 10.0 Å². The summed E-state index contributed by atoms with van der Waals surface area (Å²) in [5.41, 5.74) is 3.60. The van der Waals surface area contributed by atoms with Crippen LogP contribution in [-0.2, 0) is 21.3 Å². The second-order valence-corrected chi connectivity index (χ2v) is 14.4. The first-order valence-corrected chi connectivity index (χ1v) is 16.4. The zero-order valence-corrected chi connectivity index (χ0v) is 25.2. The van der Waals surface area contributed by atoms with Crippen LogP contribution in [0.1, 0.15) is 80.9 Å². The molecule has 0 amide bonds. The fourth-order valence-electron chi connectivity index (χ4n) is 6.86. The Kier molecular flexibility index (Phi) is 9.54. The van der Waals surface area contributed by atoms with Crippen molar-refractivity contribution >= 4 is 10.0 Å². The van der Waals surface area contributed by atoms with E-state index >= 15 is 0 Å². The quantitative estimate of drug-likeness (QED) is 0.499. The van der Waals surface area contributed by atoms with E-state index < -0.39 is 21.6 Å². The molecule has 3 fully saturated rings. The number of aromatic nitrogens is 2. The van der Waals surface area contributed by atoms with E-state index in [2.05, 4.69) is 76.1 Å². The molecule has 9 nitrogen and oxygen atoms in total. The van der Waals surface area contributed by atoms with Gasteiger partial charge < -0.3 is 4.74 Å². The molecule has 1 aromatic carbocycles. The minimum absolute atomic E-state index is 0.0400.